The van der Waals surface area contributed by atoms with Gasteiger partial charge < -0.3 is 23.7 Å². The number of hydrogen-bond acceptors (Lipinski definition) is 6. The number of carbonyl (C=O) groups excluding carboxylic acids is 1. The Bertz CT molecular complexity index is 1090. The smallest absolute Gasteiger partial charge is 0.331 e. The second-order valence-corrected chi connectivity index (χ2v) is 22.2. The maximum atomic E-state index is 12.1. The van der Waals surface area contributed by atoms with Crippen molar-refractivity contribution in [3.05, 3.63) is 41.5 Å². The zero-order chi connectivity index (χ0) is 30.6. The minimum Gasteiger partial charge on any atom is -0.497 e. The fourth-order valence-corrected chi connectivity index (χ4v) is 5.25. The summed E-state index contributed by atoms with van der Waals surface area (Å²) in [5.74, 6) is 9.73. The van der Waals surface area contributed by atoms with Crippen LogP contribution in [-0.4, -0.2) is 60.5 Å². The minimum absolute atomic E-state index is 0.0249. The highest BCUT2D eigenvalue weighted by Gasteiger charge is 2.40. The Kier molecular flexibility index (Phi) is 14.4. The second-order valence-electron chi connectivity index (χ2n) is 12.7. The van der Waals surface area contributed by atoms with Gasteiger partial charge in [-0.25, -0.2) is 4.79 Å². The summed E-state index contributed by atoms with van der Waals surface area (Å²) < 4.78 is 22.5. The van der Waals surface area contributed by atoms with E-state index in [9.17, 15) is 9.90 Å². The molecule has 0 saturated heterocycles. The Morgan fingerprint density at radius 1 is 1.07 bits per heavy atom. The van der Waals surface area contributed by atoms with E-state index >= 15 is 0 Å². The van der Waals surface area contributed by atoms with E-state index in [0.29, 0.717) is 25.2 Å². The third-order valence-corrected chi connectivity index (χ3v) is 12.1. The second kappa shape index (κ2) is 16.2. The Balaban J connectivity index is 3.03. The first-order valence-corrected chi connectivity index (χ1v) is 20.2. The van der Waals surface area contributed by atoms with Gasteiger partial charge in [-0.15, -0.1) is 11.5 Å². The van der Waals surface area contributed by atoms with Gasteiger partial charge >= 0.3 is 5.97 Å². The highest BCUT2D eigenvalue weighted by atomic mass is 28.4. The van der Waals surface area contributed by atoms with Crippen molar-refractivity contribution in [1.82, 2.24) is 0 Å². The van der Waals surface area contributed by atoms with Crippen LogP contribution in [-0.2, 0) is 25.3 Å². The molecule has 222 valence electrons. The highest BCUT2D eigenvalue weighted by molar-refractivity contribution is 6.83. The van der Waals surface area contributed by atoms with Gasteiger partial charge in [0.2, 0.25) is 0 Å². The lowest BCUT2D eigenvalue weighted by Gasteiger charge is -2.40. The Labute approximate surface area is 245 Å². The van der Waals surface area contributed by atoms with E-state index in [2.05, 4.69) is 76.8 Å². The van der Waals surface area contributed by atoms with Crippen LogP contribution in [0, 0.1) is 29.2 Å². The molecule has 0 bridgehead atoms. The van der Waals surface area contributed by atoms with Crippen LogP contribution < -0.4 is 4.74 Å². The maximum absolute atomic E-state index is 12.1. The first-order valence-electron chi connectivity index (χ1n) is 13.8. The number of esters is 1. The van der Waals surface area contributed by atoms with Crippen LogP contribution in [0.3, 0.4) is 0 Å². The monoisotopic (exact) mass is 586 g/mol. The molecule has 0 spiro atoms. The van der Waals surface area contributed by atoms with Crippen LogP contribution >= 0.6 is 0 Å². The average Bonchev–Trinajstić information content (AvgIpc) is 2.85. The first-order chi connectivity index (χ1) is 18.5. The lowest BCUT2D eigenvalue weighted by molar-refractivity contribution is -0.134. The molecule has 0 amide bonds. The predicted molar refractivity (Wildman–Crippen MR) is 168 cm³/mol. The van der Waals surface area contributed by atoms with Crippen molar-refractivity contribution in [2.75, 3.05) is 20.8 Å². The van der Waals surface area contributed by atoms with E-state index < -0.39 is 34.6 Å². The number of aliphatic hydroxyl groups is 1. The van der Waals surface area contributed by atoms with Crippen LogP contribution in [0.5, 0.6) is 5.75 Å². The van der Waals surface area contributed by atoms with Gasteiger partial charge in [0.1, 0.15) is 13.8 Å². The molecule has 1 N–H and O–H groups in total. The van der Waals surface area contributed by atoms with Crippen LogP contribution in [0.4, 0.5) is 0 Å². The van der Waals surface area contributed by atoms with Crippen molar-refractivity contribution in [3.8, 4) is 29.1 Å². The molecule has 0 saturated carbocycles. The van der Waals surface area contributed by atoms with Gasteiger partial charge in [0, 0.05) is 30.4 Å². The van der Waals surface area contributed by atoms with Gasteiger partial charge in [-0.1, -0.05) is 64.4 Å². The lowest BCUT2D eigenvalue weighted by Crippen LogP contribution is -2.47. The predicted octanol–water partition coefficient (Wildman–Crippen LogP) is 6.36. The van der Waals surface area contributed by atoms with Crippen molar-refractivity contribution in [1.29, 1.82) is 0 Å². The number of methoxy groups -OCH3 is 2. The normalized spacial score (nSPS) is 14.7. The number of aliphatic hydroxyl groups excluding tert-OH is 1. The van der Waals surface area contributed by atoms with Crippen molar-refractivity contribution < 1.29 is 28.5 Å². The largest absolute Gasteiger partial charge is 0.497 e. The standard InChI is InChI=1S/C32H50O6Si2/c1-25(23-37-24-26-16-18-28(35-5)19-17-26)14-15-27(22-31(34)36-6)21-29(33)30(13-12-20-39(7,8)9)38-40(10,11)32(2,3)4/h16-19,22,25,29-30,33H,13,21,23-24H2,1-11H3/b27-22-/t25-,29+,30+/m1/s1. The summed E-state index contributed by atoms with van der Waals surface area (Å²) >= 11 is 0. The van der Waals surface area contributed by atoms with E-state index in [4.69, 9.17) is 18.6 Å². The molecule has 0 aromatic heterocycles. The quantitative estimate of drug-likeness (QED) is 0.133. The fraction of sp³-hybridized carbons (Fsp3) is 0.594. The number of rotatable bonds is 12. The summed E-state index contributed by atoms with van der Waals surface area (Å²) in [5.41, 5.74) is 4.91. The van der Waals surface area contributed by atoms with Gasteiger partial charge in [-0.05, 0) is 42.8 Å². The molecule has 0 radical (unpaired) electrons. The van der Waals surface area contributed by atoms with E-state index in [1.165, 1.54) is 13.2 Å². The fourth-order valence-electron chi connectivity index (χ4n) is 3.27. The number of hydrogen-bond donors (Lipinski definition) is 1. The summed E-state index contributed by atoms with van der Waals surface area (Å²) in [4.78, 5) is 12.1. The molecule has 0 heterocycles. The molecule has 0 aliphatic carbocycles. The van der Waals surface area contributed by atoms with Gasteiger partial charge in [0.05, 0.1) is 39.6 Å². The third-order valence-electron chi connectivity index (χ3n) is 6.65. The molecule has 3 atom stereocenters. The Morgan fingerprint density at radius 2 is 1.70 bits per heavy atom. The molecule has 1 aromatic carbocycles. The van der Waals surface area contributed by atoms with Crippen LogP contribution in [0.2, 0.25) is 37.8 Å². The third kappa shape index (κ3) is 13.8. The van der Waals surface area contributed by atoms with Gasteiger partial charge in [-0.3, -0.25) is 0 Å². The number of benzene rings is 1. The zero-order valence-corrected chi connectivity index (χ0v) is 28.4. The molecular formula is C32H50O6Si2. The van der Waals surface area contributed by atoms with Crippen molar-refractivity contribution >= 4 is 22.4 Å². The molecule has 0 unspecified atom stereocenters. The SMILES string of the molecule is COC(=O)/C=C(/C#C[C@@H](C)COCc1ccc(OC)cc1)C[C@H](O)[C@H](CC#C[Si](C)(C)C)O[Si](C)(C)C(C)(C)C. The van der Waals surface area contributed by atoms with E-state index in [1.54, 1.807) is 7.11 Å². The maximum Gasteiger partial charge on any atom is 0.331 e. The highest BCUT2D eigenvalue weighted by Crippen LogP contribution is 2.38. The molecule has 1 aromatic rings. The molecular weight excluding hydrogens is 537 g/mol. The summed E-state index contributed by atoms with van der Waals surface area (Å²) in [6, 6.07) is 7.72. The van der Waals surface area contributed by atoms with Crippen LogP contribution in [0.1, 0.15) is 46.1 Å². The molecule has 0 aliphatic rings. The number of carbonyl (C=O) groups is 1. The first kappa shape index (κ1) is 35.7. The molecule has 8 heteroatoms. The van der Waals surface area contributed by atoms with Gasteiger partial charge in [0.25, 0.3) is 0 Å². The van der Waals surface area contributed by atoms with Crippen molar-refractivity contribution in [2.24, 2.45) is 5.92 Å². The molecule has 1 rings (SSSR count). The van der Waals surface area contributed by atoms with Crippen molar-refractivity contribution in [2.45, 2.75) is 97.1 Å². The van der Waals surface area contributed by atoms with E-state index in [0.717, 1.165) is 11.3 Å². The van der Waals surface area contributed by atoms with E-state index in [-0.39, 0.29) is 17.4 Å². The molecule has 40 heavy (non-hydrogen) atoms. The number of ether oxygens (including phenoxy) is 3. The van der Waals surface area contributed by atoms with Crippen LogP contribution in [0.15, 0.2) is 35.9 Å². The Hall–Kier alpha value is -2.34. The van der Waals surface area contributed by atoms with Gasteiger partial charge in [-0.2, -0.15) is 0 Å². The average molecular weight is 587 g/mol. The molecule has 6 nitrogen and oxygen atoms in total. The molecule has 0 fully saturated rings. The Morgan fingerprint density at radius 3 is 2.23 bits per heavy atom. The van der Waals surface area contributed by atoms with E-state index in [1.807, 2.05) is 31.2 Å². The summed E-state index contributed by atoms with van der Waals surface area (Å²) in [5, 5.41) is 11.3. The summed E-state index contributed by atoms with van der Waals surface area (Å²) in [6.07, 6.45) is 0.565. The summed E-state index contributed by atoms with van der Waals surface area (Å²) in [7, 11) is -0.802. The van der Waals surface area contributed by atoms with Crippen molar-refractivity contribution in [3.63, 3.8) is 0 Å². The van der Waals surface area contributed by atoms with Gasteiger partial charge in [0.15, 0.2) is 8.32 Å². The summed E-state index contributed by atoms with van der Waals surface area (Å²) in [6.45, 7) is 20.3. The zero-order valence-electron chi connectivity index (χ0n) is 26.4. The minimum atomic E-state index is -2.19. The topological polar surface area (TPSA) is 74.2 Å². The lowest BCUT2D eigenvalue weighted by atomic mass is 10.0. The van der Waals surface area contributed by atoms with Crippen LogP contribution in [0.25, 0.3) is 0 Å². The molecule has 0 aliphatic heterocycles.